The van der Waals surface area contributed by atoms with E-state index >= 15 is 0 Å². The van der Waals surface area contributed by atoms with Gasteiger partial charge < -0.3 is 19.7 Å². The summed E-state index contributed by atoms with van der Waals surface area (Å²) in [4.78, 5) is 15.8. The van der Waals surface area contributed by atoms with Gasteiger partial charge in [0.25, 0.3) is 0 Å². The quantitative estimate of drug-likeness (QED) is 0.565. The Morgan fingerprint density at radius 2 is 1.74 bits per heavy atom. The van der Waals surface area contributed by atoms with Crippen molar-refractivity contribution in [2.45, 2.75) is 75.9 Å². The summed E-state index contributed by atoms with van der Waals surface area (Å²) in [5.74, 6) is 2.05. The average molecular weight is 477 g/mol. The molecule has 2 aromatic rings. The van der Waals surface area contributed by atoms with Crippen molar-refractivity contribution in [3.8, 4) is 5.75 Å². The average Bonchev–Trinajstić information content (AvgIpc) is 3.36. The third-order valence-corrected chi connectivity index (χ3v) is 8.33. The zero-order valence-electron chi connectivity index (χ0n) is 21.1. The van der Waals surface area contributed by atoms with E-state index in [1.165, 1.54) is 36.0 Å². The van der Waals surface area contributed by atoms with Crippen LogP contribution in [0.15, 0.2) is 48.5 Å². The van der Waals surface area contributed by atoms with Crippen molar-refractivity contribution in [3.05, 3.63) is 65.2 Å². The summed E-state index contributed by atoms with van der Waals surface area (Å²) < 4.78 is 11.3. The van der Waals surface area contributed by atoms with Crippen LogP contribution in [-0.2, 0) is 16.1 Å². The molecule has 2 unspecified atom stereocenters. The van der Waals surface area contributed by atoms with E-state index in [0.717, 1.165) is 64.2 Å². The summed E-state index contributed by atoms with van der Waals surface area (Å²) in [6.45, 7) is 3.25. The van der Waals surface area contributed by atoms with Crippen molar-refractivity contribution in [1.82, 2.24) is 10.2 Å². The lowest BCUT2D eigenvalue weighted by molar-refractivity contribution is -0.137. The monoisotopic (exact) mass is 476 g/mol. The van der Waals surface area contributed by atoms with Gasteiger partial charge in [-0.15, -0.1) is 0 Å². The van der Waals surface area contributed by atoms with E-state index < -0.39 is 0 Å². The Hall–Kier alpha value is -2.37. The van der Waals surface area contributed by atoms with E-state index in [1.807, 2.05) is 0 Å². The first-order chi connectivity index (χ1) is 17.2. The molecule has 2 heterocycles. The number of carbonyl (C=O) groups is 1. The van der Waals surface area contributed by atoms with E-state index in [1.54, 1.807) is 7.11 Å². The van der Waals surface area contributed by atoms with Crippen LogP contribution in [0.4, 0.5) is 0 Å². The number of ether oxygens (including phenoxy) is 2. The number of benzene rings is 2. The van der Waals surface area contributed by atoms with E-state index in [2.05, 4.69) is 58.7 Å². The minimum atomic E-state index is 0.0790. The highest BCUT2D eigenvalue weighted by atomic mass is 16.5. The number of carbonyl (C=O) groups excluding carboxylic acids is 1. The lowest BCUT2D eigenvalue weighted by atomic mass is 9.87. The standard InChI is InChI=1S/C30H40N2O3/c1-34-28-13-12-25(22-15-18-35-19-16-22)20-26(28)21-31-27-14-17-32(29(27)23-8-4-2-5-9-23)30(33)24-10-6-3-7-11-24/h2,4-5,8-9,12-13,20,22,24,27,29,31H,3,6-7,10-11,14-19,21H2,1H3. The van der Waals surface area contributed by atoms with Crippen molar-refractivity contribution in [3.63, 3.8) is 0 Å². The van der Waals surface area contributed by atoms with Crippen LogP contribution in [0.2, 0.25) is 0 Å². The van der Waals surface area contributed by atoms with Crippen molar-refractivity contribution >= 4 is 5.91 Å². The van der Waals surface area contributed by atoms with Crippen LogP contribution in [0.3, 0.4) is 0 Å². The minimum absolute atomic E-state index is 0.0790. The second kappa shape index (κ2) is 11.6. The molecule has 1 N–H and O–H groups in total. The minimum Gasteiger partial charge on any atom is -0.496 e. The first-order valence-corrected chi connectivity index (χ1v) is 13.6. The molecule has 1 saturated carbocycles. The van der Waals surface area contributed by atoms with Crippen LogP contribution in [0.5, 0.6) is 5.75 Å². The molecule has 188 valence electrons. The molecule has 0 bridgehead atoms. The number of nitrogens with one attached hydrogen (secondary N) is 1. The summed E-state index contributed by atoms with van der Waals surface area (Å²) in [7, 11) is 1.75. The maximum Gasteiger partial charge on any atom is 0.226 e. The molecule has 0 spiro atoms. The van der Waals surface area contributed by atoms with E-state index in [-0.39, 0.29) is 18.0 Å². The number of methoxy groups -OCH3 is 1. The molecule has 3 fully saturated rings. The van der Waals surface area contributed by atoms with Gasteiger partial charge in [-0.05, 0) is 55.2 Å². The Kier molecular flexibility index (Phi) is 8.05. The van der Waals surface area contributed by atoms with Gasteiger partial charge in [0.15, 0.2) is 0 Å². The van der Waals surface area contributed by atoms with Gasteiger partial charge in [-0.3, -0.25) is 4.79 Å². The summed E-state index contributed by atoms with van der Waals surface area (Å²) in [6.07, 6.45) is 8.86. The first kappa shape index (κ1) is 24.3. The largest absolute Gasteiger partial charge is 0.496 e. The zero-order chi connectivity index (χ0) is 24.0. The van der Waals surface area contributed by atoms with Crippen molar-refractivity contribution in [2.75, 3.05) is 26.9 Å². The molecule has 5 heteroatoms. The molecule has 5 rings (SSSR count). The molecule has 1 amide bonds. The summed E-state index contributed by atoms with van der Waals surface area (Å²) in [5.41, 5.74) is 3.81. The molecule has 35 heavy (non-hydrogen) atoms. The van der Waals surface area contributed by atoms with Crippen LogP contribution >= 0.6 is 0 Å². The normalized spacial score (nSPS) is 24.0. The summed E-state index contributed by atoms with van der Waals surface area (Å²) >= 11 is 0. The summed E-state index contributed by atoms with van der Waals surface area (Å²) in [6, 6.07) is 17.5. The number of nitrogens with zero attached hydrogens (tertiary/aromatic N) is 1. The molecule has 3 aliphatic rings. The fourth-order valence-electron chi connectivity index (χ4n) is 6.36. The second-order valence-corrected chi connectivity index (χ2v) is 10.5. The Balaban J connectivity index is 1.34. The summed E-state index contributed by atoms with van der Waals surface area (Å²) in [5, 5.41) is 3.84. The molecule has 5 nitrogen and oxygen atoms in total. The topological polar surface area (TPSA) is 50.8 Å². The van der Waals surface area contributed by atoms with Crippen LogP contribution in [-0.4, -0.2) is 43.7 Å². The van der Waals surface area contributed by atoms with Gasteiger partial charge in [0.2, 0.25) is 5.91 Å². The molecular weight excluding hydrogens is 436 g/mol. The Morgan fingerprint density at radius 3 is 2.49 bits per heavy atom. The number of likely N-dealkylation sites (tertiary alicyclic amines) is 1. The highest BCUT2D eigenvalue weighted by Crippen LogP contribution is 2.37. The van der Waals surface area contributed by atoms with Crippen molar-refractivity contribution < 1.29 is 14.3 Å². The highest BCUT2D eigenvalue weighted by Gasteiger charge is 2.40. The molecule has 2 aromatic carbocycles. The fourth-order valence-corrected chi connectivity index (χ4v) is 6.36. The first-order valence-electron chi connectivity index (χ1n) is 13.6. The van der Waals surface area contributed by atoms with Gasteiger partial charge in [0, 0.05) is 43.8 Å². The molecule has 2 saturated heterocycles. The van der Waals surface area contributed by atoms with E-state index in [9.17, 15) is 4.79 Å². The van der Waals surface area contributed by atoms with Gasteiger partial charge in [-0.2, -0.15) is 0 Å². The highest BCUT2D eigenvalue weighted by molar-refractivity contribution is 5.80. The molecule has 1 aliphatic carbocycles. The number of hydrogen-bond acceptors (Lipinski definition) is 4. The van der Waals surface area contributed by atoms with Crippen LogP contribution in [0, 0.1) is 5.92 Å². The predicted molar refractivity (Wildman–Crippen MR) is 139 cm³/mol. The van der Waals surface area contributed by atoms with Gasteiger partial charge in [0.1, 0.15) is 5.75 Å². The molecule has 2 aliphatic heterocycles. The Labute approximate surface area is 210 Å². The predicted octanol–water partition coefficient (Wildman–Crippen LogP) is 5.60. The van der Waals surface area contributed by atoms with Crippen molar-refractivity contribution in [1.29, 1.82) is 0 Å². The number of amides is 1. The van der Waals surface area contributed by atoms with E-state index in [0.29, 0.717) is 11.8 Å². The van der Waals surface area contributed by atoms with Crippen LogP contribution in [0.25, 0.3) is 0 Å². The van der Waals surface area contributed by atoms with Crippen LogP contribution < -0.4 is 10.1 Å². The third-order valence-electron chi connectivity index (χ3n) is 8.33. The number of hydrogen-bond donors (Lipinski definition) is 1. The fraction of sp³-hybridized carbons (Fsp3) is 0.567. The molecule has 0 aromatic heterocycles. The smallest absolute Gasteiger partial charge is 0.226 e. The van der Waals surface area contributed by atoms with Gasteiger partial charge in [0.05, 0.1) is 13.2 Å². The van der Waals surface area contributed by atoms with Gasteiger partial charge >= 0.3 is 0 Å². The molecule has 2 atom stereocenters. The SMILES string of the molecule is COc1ccc(C2CCOCC2)cc1CNC1CCN(C(=O)C2CCCCC2)C1c1ccccc1. The van der Waals surface area contributed by atoms with Crippen molar-refractivity contribution in [2.24, 2.45) is 5.92 Å². The lowest BCUT2D eigenvalue weighted by Gasteiger charge is -2.33. The number of rotatable bonds is 7. The Bertz CT molecular complexity index is 967. The van der Waals surface area contributed by atoms with Gasteiger partial charge in [-0.1, -0.05) is 61.7 Å². The molecule has 0 radical (unpaired) electrons. The maximum absolute atomic E-state index is 13.6. The lowest BCUT2D eigenvalue weighted by Crippen LogP contribution is -2.41. The maximum atomic E-state index is 13.6. The molecular formula is C30H40N2O3. The zero-order valence-corrected chi connectivity index (χ0v) is 21.1. The third kappa shape index (κ3) is 5.57. The Morgan fingerprint density at radius 1 is 0.971 bits per heavy atom. The second-order valence-electron chi connectivity index (χ2n) is 10.5. The van der Waals surface area contributed by atoms with Gasteiger partial charge in [-0.25, -0.2) is 0 Å². The van der Waals surface area contributed by atoms with E-state index in [4.69, 9.17) is 9.47 Å². The van der Waals surface area contributed by atoms with Crippen LogP contribution in [0.1, 0.15) is 80.0 Å².